The lowest BCUT2D eigenvalue weighted by atomic mass is 9.83. The fraction of sp³-hybridized carbons (Fsp3) is 0.360. The first-order chi connectivity index (χ1) is 14.7. The summed E-state index contributed by atoms with van der Waals surface area (Å²) in [6, 6.07) is 15.9. The second-order valence-electron chi connectivity index (χ2n) is 8.35. The monoisotopic (exact) mass is 402 g/mol. The summed E-state index contributed by atoms with van der Waals surface area (Å²) in [4.78, 5) is 27.1. The maximum atomic E-state index is 13.1. The predicted molar refractivity (Wildman–Crippen MR) is 117 cm³/mol. The zero-order valence-electron chi connectivity index (χ0n) is 17.3. The minimum Gasteiger partial charge on any atom is -0.465 e. The third-order valence-electron chi connectivity index (χ3n) is 6.54. The SMILES string of the molecule is COC(=O)c1ccc2c(C3CCCCC3)c3n(c2c1)CC(=O)N3Cc1ccccc1. The van der Waals surface area contributed by atoms with Gasteiger partial charge in [-0.15, -0.1) is 0 Å². The highest BCUT2D eigenvalue weighted by Gasteiger charge is 2.36. The summed E-state index contributed by atoms with van der Waals surface area (Å²) in [5, 5.41) is 1.16. The van der Waals surface area contributed by atoms with E-state index in [1.54, 1.807) is 0 Å². The molecular formula is C25H26N2O3. The van der Waals surface area contributed by atoms with E-state index in [1.807, 2.05) is 41.3 Å². The summed E-state index contributed by atoms with van der Waals surface area (Å²) in [6.45, 7) is 0.885. The Morgan fingerprint density at radius 2 is 1.83 bits per heavy atom. The van der Waals surface area contributed by atoms with Crippen LogP contribution in [0.5, 0.6) is 0 Å². The van der Waals surface area contributed by atoms with Crippen LogP contribution in [-0.4, -0.2) is 23.6 Å². The molecule has 0 bridgehead atoms. The number of esters is 1. The summed E-state index contributed by atoms with van der Waals surface area (Å²) in [7, 11) is 1.40. The average Bonchev–Trinajstić information content (AvgIpc) is 3.27. The molecular weight excluding hydrogens is 376 g/mol. The van der Waals surface area contributed by atoms with Crippen molar-refractivity contribution in [2.75, 3.05) is 12.0 Å². The van der Waals surface area contributed by atoms with Crippen molar-refractivity contribution in [3.05, 3.63) is 65.2 Å². The van der Waals surface area contributed by atoms with Crippen LogP contribution in [0.3, 0.4) is 0 Å². The minimum absolute atomic E-state index is 0.108. The van der Waals surface area contributed by atoms with Crippen LogP contribution in [0, 0.1) is 0 Å². The van der Waals surface area contributed by atoms with Gasteiger partial charge in [-0.1, -0.05) is 55.7 Å². The molecule has 3 aromatic rings. The number of ether oxygens (including phenoxy) is 1. The van der Waals surface area contributed by atoms with Crippen molar-refractivity contribution in [1.29, 1.82) is 0 Å². The number of rotatable bonds is 4. The lowest BCUT2D eigenvalue weighted by Gasteiger charge is -2.25. The molecule has 2 heterocycles. The highest BCUT2D eigenvalue weighted by atomic mass is 16.5. The third-order valence-corrected chi connectivity index (χ3v) is 6.54. The predicted octanol–water partition coefficient (Wildman–Crippen LogP) is 5.02. The third kappa shape index (κ3) is 3.09. The Labute approximate surface area is 176 Å². The zero-order valence-corrected chi connectivity index (χ0v) is 17.3. The van der Waals surface area contributed by atoms with Gasteiger partial charge in [-0.05, 0) is 36.5 Å². The van der Waals surface area contributed by atoms with Crippen molar-refractivity contribution in [1.82, 2.24) is 4.57 Å². The topological polar surface area (TPSA) is 51.5 Å². The van der Waals surface area contributed by atoms with Gasteiger partial charge in [-0.3, -0.25) is 9.69 Å². The molecule has 1 fully saturated rings. The number of amides is 1. The molecule has 0 unspecified atom stereocenters. The van der Waals surface area contributed by atoms with Gasteiger partial charge in [-0.2, -0.15) is 0 Å². The number of hydrogen-bond donors (Lipinski definition) is 0. The summed E-state index contributed by atoms with van der Waals surface area (Å²) in [6.07, 6.45) is 6.04. The number of carbonyl (C=O) groups excluding carboxylic acids is 2. The fourth-order valence-corrected chi connectivity index (χ4v) is 5.12. The van der Waals surface area contributed by atoms with Gasteiger partial charge in [0.1, 0.15) is 12.4 Å². The largest absolute Gasteiger partial charge is 0.465 e. The number of aromatic nitrogens is 1. The van der Waals surface area contributed by atoms with E-state index in [9.17, 15) is 9.59 Å². The van der Waals surface area contributed by atoms with Crippen LogP contribution in [0.4, 0.5) is 5.82 Å². The molecule has 5 heteroatoms. The van der Waals surface area contributed by atoms with Crippen molar-refractivity contribution >= 4 is 28.6 Å². The Kier molecular flexibility index (Phi) is 4.81. The van der Waals surface area contributed by atoms with Crippen LogP contribution in [0.1, 0.15) is 59.5 Å². The molecule has 1 aliphatic heterocycles. The standard InChI is InChI=1S/C25H26N2O3/c1-30-25(29)19-12-13-20-21(14-19)26-16-22(28)27(15-17-8-4-2-5-9-17)24(26)23(20)18-10-6-3-7-11-18/h2,4-5,8-9,12-14,18H,3,6-7,10-11,15-16H2,1H3. The Morgan fingerprint density at radius 3 is 2.57 bits per heavy atom. The number of benzene rings is 2. The van der Waals surface area contributed by atoms with E-state index in [2.05, 4.69) is 16.7 Å². The van der Waals surface area contributed by atoms with E-state index < -0.39 is 0 Å². The van der Waals surface area contributed by atoms with Crippen LogP contribution >= 0.6 is 0 Å². The van der Waals surface area contributed by atoms with Crippen molar-refractivity contribution in [3.63, 3.8) is 0 Å². The normalized spacial score (nSPS) is 16.8. The number of carbonyl (C=O) groups is 2. The van der Waals surface area contributed by atoms with Crippen LogP contribution in [0.25, 0.3) is 10.9 Å². The molecule has 1 aromatic heterocycles. The molecule has 5 rings (SSSR count). The number of methoxy groups -OCH3 is 1. The first kappa shape index (κ1) is 18.9. The Balaban J connectivity index is 1.68. The zero-order chi connectivity index (χ0) is 20.7. The molecule has 2 aliphatic rings. The van der Waals surface area contributed by atoms with Gasteiger partial charge >= 0.3 is 5.97 Å². The Morgan fingerprint density at radius 1 is 1.07 bits per heavy atom. The molecule has 5 nitrogen and oxygen atoms in total. The summed E-state index contributed by atoms with van der Waals surface area (Å²) in [5.74, 6) is 1.23. The second kappa shape index (κ2) is 7.63. The van der Waals surface area contributed by atoms with Crippen molar-refractivity contribution < 1.29 is 14.3 Å². The van der Waals surface area contributed by atoms with E-state index in [-0.39, 0.29) is 11.9 Å². The van der Waals surface area contributed by atoms with Crippen LogP contribution in [-0.2, 0) is 22.6 Å². The van der Waals surface area contributed by atoms with E-state index in [1.165, 1.54) is 31.9 Å². The van der Waals surface area contributed by atoms with Crippen LogP contribution < -0.4 is 4.90 Å². The number of hydrogen-bond acceptors (Lipinski definition) is 3. The summed E-state index contributed by atoms with van der Waals surface area (Å²) in [5.41, 5.74) is 3.88. The van der Waals surface area contributed by atoms with Gasteiger partial charge in [0.15, 0.2) is 0 Å². The summed E-state index contributed by atoms with van der Waals surface area (Å²) >= 11 is 0. The first-order valence-electron chi connectivity index (χ1n) is 10.8. The van der Waals surface area contributed by atoms with E-state index in [0.29, 0.717) is 24.6 Å². The van der Waals surface area contributed by atoms with Crippen molar-refractivity contribution in [2.24, 2.45) is 0 Å². The molecule has 2 aromatic carbocycles. The highest BCUT2D eigenvalue weighted by molar-refractivity contribution is 6.06. The fourth-order valence-electron chi connectivity index (χ4n) is 5.12. The quantitative estimate of drug-likeness (QED) is 0.576. The number of anilines is 1. The smallest absolute Gasteiger partial charge is 0.337 e. The second-order valence-corrected chi connectivity index (χ2v) is 8.35. The average molecular weight is 402 g/mol. The van der Waals surface area contributed by atoms with E-state index in [0.717, 1.165) is 35.1 Å². The molecule has 30 heavy (non-hydrogen) atoms. The first-order valence-corrected chi connectivity index (χ1v) is 10.8. The molecule has 0 atom stereocenters. The Hall–Kier alpha value is -3.08. The molecule has 0 radical (unpaired) electrons. The molecule has 0 saturated heterocycles. The van der Waals surface area contributed by atoms with Gasteiger partial charge in [0.2, 0.25) is 5.91 Å². The Bertz CT molecular complexity index is 1110. The molecule has 1 amide bonds. The van der Waals surface area contributed by atoms with Gasteiger partial charge < -0.3 is 9.30 Å². The lowest BCUT2D eigenvalue weighted by molar-refractivity contribution is -0.118. The highest BCUT2D eigenvalue weighted by Crippen LogP contribution is 2.46. The van der Waals surface area contributed by atoms with Gasteiger partial charge in [0.05, 0.1) is 24.7 Å². The van der Waals surface area contributed by atoms with Gasteiger partial charge in [0, 0.05) is 10.9 Å². The van der Waals surface area contributed by atoms with Gasteiger partial charge in [-0.25, -0.2) is 4.79 Å². The molecule has 0 spiro atoms. The lowest BCUT2D eigenvalue weighted by Crippen LogP contribution is -2.27. The molecule has 0 N–H and O–H groups in total. The number of nitrogens with zero attached hydrogens (tertiary/aromatic N) is 2. The summed E-state index contributed by atoms with van der Waals surface area (Å²) < 4.78 is 7.03. The van der Waals surface area contributed by atoms with Gasteiger partial charge in [0.25, 0.3) is 0 Å². The minimum atomic E-state index is -0.350. The number of fused-ring (bicyclic) bond motifs is 3. The molecule has 1 aliphatic carbocycles. The van der Waals surface area contributed by atoms with Crippen molar-refractivity contribution in [3.8, 4) is 0 Å². The van der Waals surface area contributed by atoms with E-state index >= 15 is 0 Å². The molecule has 1 saturated carbocycles. The maximum absolute atomic E-state index is 13.1. The maximum Gasteiger partial charge on any atom is 0.337 e. The van der Waals surface area contributed by atoms with Crippen LogP contribution in [0.15, 0.2) is 48.5 Å². The van der Waals surface area contributed by atoms with Crippen LogP contribution in [0.2, 0.25) is 0 Å². The van der Waals surface area contributed by atoms with E-state index in [4.69, 9.17) is 4.74 Å². The molecule has 154 valence electrons. The van der Waals surface area contributed by atoms with Crippen molar-refractivity contribution in [2.45, 2.75) is 51.1 Å².